The van der Waals surface area contributed by atoms with Crippen molar-refractivity contribution in [1.82, 2.24) is 9.88 Å². The number of aliphatic hydroxyl groups is 1. The first-order valence-electron chi connectivity index (χ1n) is 9.25. The highest BCUT2D eigenvalue weighted by molar-refractivity contribution is 5.86. The normalized spacial score (nSPS) is 24.6. The summed E-state index contributed by atoms with van der Waals surface area (Å²) in [6.07, 6.45) is 4.94. The number of ether oxygens (including phenoxy) is 1. The van der Waals surface area contributed by atoms with Gasteiger partial charge in [0.25, 0.3) is 0 Å². The number of nitrogens with one attached hydrogen (secondary N) is 1. The van der Waals surface area contributed by atoms with Crippen molar-refractivity contribution in [2.75, 3.05) is 27.3 Å². The highest BCUT2D eigenvalue weighted by Gasteiger charge is 2.34. The number of hydrogen-bond donors (Lipinski definition) is 2. The molecule has 0 spiro atoms. The van der Waals surface area contributed by atoms with Crippen LogP contribution in [0.15, 0.2) is 30.9 Å². The second kappa shape index (κ2) is 7.63. The number of aliphatic hydroxyl groups excluding tert-OH is 1. The molecule has 136 valence electrons. The average molecular weight is 342 g/mol. The number of aromatic nitrogens is 1. The molecule has 1 aromatic heterocycles. The Bertz CT molecular complexity index is 737. The molecule has 3 atom stereocenters. The molecule has 1 aliphatic heterocycles. The molecule has 3 unspecified atom stereocenters. The zero-order valence-corrected chi connectivity index (χ0v) is 15.6. The minimum absolute atomic E-state index is 0.246. The molecule has 1 saturated heterocycles. The van der Waals surface area contributed by atoms with Gasteiger partial charge in [0.1, 0.15) is 5.75 Å². The minimum atomic E-state index is 0.246. The highest BCUT2D eigenvalue weighted by atomic mass is 16.5. The van der Waals surface area contributed by atoms with Crippen molar-refractivity contribution in [3.63, 3.8) is 0 Å². The van der Waals surface area contributed by atoms with E-state index in [1.54, 1.807) is 7.11 Å². The Balaban J connectivity index is 2.00. The number of nitrogens with zero attached hydrogens (tertiary/aromatic N) is 1. The molecule has 2 heterocycles. The number of fused-ring (bicyclic) bond motifs is 1. The summed E-state index contributed by atoms with van der Waals surface area (Å²) in [4.78, 5) is 6.11. The van der Waals surface area contributed by atoms with Gasteiger partial charge in [-0.15, -0.1) is 6.58 Å². The molecule has 4 heteroatoms. The molecule has 25 heavy (non-hydrogen) atoms. The Labute approximate surface area is 150 Å². The third-order valence-electron chi connectivity index (χ3n) is 5.80. The minimum Gasteiger partial charge on any atom is -0.497 e. The predicted molar refractivity (Wildman–Crippen MR) is 103 cm³/mol. The van der Waals surface area contributed by atoms with Crippen LogP contribution in [0.5, 0.6) is 5.75 Å². The first-order valence-corrected chi connectivity index (χ1v) is 9.25. The van der Waals surface area contributed by atoms with Crippen molar-refractivity contribution in [3.05, 3.63) is 42.1 Å². The third-order valence-corrected chi connectivity index (χ3v) is 5.80. The summed E-state index contributed by atoms with van der Waals surface area (Å²) in [6, 6.07) is 6.60. The molecule has 1 fully saturated rings. The summed E-state index contributed by atoms with van der Waals surface area (Å²) < 4.78 is 5.41. The molecule has 0 bridgehead atoms. The average Bonchev–Trinajstić information content (AvgIpc) is 3.00. The Morgan fingerprint density at radius 1 is 1.44 bits per heavy atom. The number of piperidine rings is 1. The van der Waals surface area contributed by atoms with E-state index in [1.165, 1.54) is 22.2 Å². The van der Waals surface area contributed by atoms with Crippen molar-refractivity contribution in [1.29, 1.82) is 0 Å². The number of likely N-dealkylation sites (tertiary alicyclic amines) is 1. The van der Waals surface area contributed by atoms with Crippen molar-refractivity contribution >= 4 is 10.9 Å². The van der Waals surface area contributed by atoms with Gasteiger partial charge in [-0.2, -0.15) is 0 Å². The van der Waals surface area contributed by atoms with E-state index in [9.17, 15) is 5.11 Å². The molecular formula is C21H30N2O2. The maximum absolute atomic E-state index is 9.46. The lowest BCUT2D eigenvalue weighted by Crippen LogP contribution is -2.40. The van der Waals surface area contributed by atoms with Crippen molar-refractivity contribution in [3.8, 4) is 5.75 Å². The molecule has 0 radical (unpaired) electrons. The van der Waals surface area contributed by atoms with Crippen LogP contribution in [0.25, 0.3) is 10.9 Å². The van der Waals surface area contributed by atoms with Crippen LogP contribution in [-0.4, -0.2) is 42.3 Å². The number of benzene rings is 1. The van der Waals surface area contributed by atoms with Crippen LogP contribution in [0.1, 0.15) is 37.1 Å². The van der Waals surface area contributed by atoms with E-state index in [1.807, 2.05) is 6.07 Å². The van der Waals surface area contributed by atoms with Gasteiger partial charge >= 0.3 is 0 Å². The highest BCUT2D eigenvalue weighted by Crippen LogP contribution is 2.41. The number of rotatable bonds is 6. The van der Waals surface area contributed by atoms with Crippen LogP contribution >= 0.6 is 0 Å². The quantitative estimate of drug-likeness (QED) is 0.782. The molecule has 2 N–H and O–H groups in total. The van der Waals surface area contributed by atoms with Crippen molar-refractivity contribution in [2.24, 2.45) is 11.8 Å². The second-order valence-corrected chi connectivity index (χ2v) is 7.15. The Hall–Kier alpha value is -1.78. The van der Waals surface area contributed by atoms with Crippen LogP contribution in [0, 0.1) is 11.8 Å². The van der Waals surface area contributed by atoms with E-state index in [4.69, 9.17) is 4.74 Å². The van der Waals surface area contributed by atoms with Gasteiger partial charge in [0.2, 0.25) is 0 Å². The molecule has 0 saturated carbocycles. The topological polar surface area (TPSA) is 48.5 Å². The number of methoxy groups -OCH3 is 1. The second-order valence-electron chi connectivity index (χ2n) is 7.15. The molecule has 2 aromatic rings. The predicted octanol–water partition coefficient (Wildman–Crippen LogP) is 3.92. The third kappa shape index (κ3) is 3.33. The summed E-state index contributed by atoms with van der Waals surface area (Å²) in [5.74, 6) is 1.83. The zero-order valence-electron chi connectivity index (χ0n) is 15.6. The fourth-order valence-electron chi connectivity index (χ4n) is 4.39. The maximum Gasteiger partial charge on any atom is 0.119 e. The van der Waals surface area contributed by atoms with E-state index < -0.39 is 0 Å². The monoisotopic (exact) mass is 342 g/mol. The fraction of sp³-hybridized carbons (Fsp3) is 0.524. The Morgan fingerprint density at radius 2 is 2.24 bits per heavy atom. The van der Waals surface area contributed by atoms with Gasteiger partial charge in [0, 0.05) is 29.7 Å². The van der Waals surface area contributed by atoms with Crippen LogP contribution < -0.4 is 4.74 Å². The van der Waals surface area contributed by atoms with Crippen LogP contribution in [0.2, 0.25) is 0 Å². The van der Waals surface area contributed by atoms with Gasteiger partial charge in [-0.1, -0.05) is 13.0 Å². The smallest absolute Gasteiger partial charge is 0.119 e. The molecule has 1 aromatic carbocycles. The van der Waals surface area contributed by atoms with Gasteiger partial charge in [0.15, 0.2) is 0 Å². The van der Waals surface area contributed by atoms with E-state index in [0.717, 1.165) is 31.6 Å². The Morgan fingerprint density at radius 3 is 2.88 bits per heavy atom. The zero-order chi connectivity index (χ0) is 18.0. The van der Waals surface area contributed by atoms with Gasteiger partial charge < -0.3 is 14.8 Å². The molecule has 4 nitrogen and oxygen atoms in total. The summed E-state index contributed by atoms with van der Waals surface area (Å²) in [5.41, 5.74) is 3.87. The lowest BCUT2D eigenvalue weighted by atomic mass is 9.79. The van der Waals surface area contributed by atoms with Crippen molar-refractivity contribution < 1.29 is 9.84 Å². The van der Waals surface area contributed by atoms with Crippen LogP contribution in [0.4, 0.5) is 0 Å². The number of hydrogen-bond acceptors (Lipinski definition) is 3. The van der Waals surface area contributed by atoms with E-state index in [2.05, 4.69) is 48.6 Å². The maximum atomic E-state index is 9.46. The summed E-state index contributed by atoms with van der Waals surface area (Å²) in [6.45, 7) is 7.45. The van der Waals surface area contributed by atoms with Gasteiger partial charge in [-0.25, -0.2) is 0 Å². The molecule has 1 aliphatic rings. The van der Waals surface area contributed by atoms with Crippen molar-refractivity contribution in [2.45, 2.75) is 32.2 Å². The van der Waals surface area contributed by atoms with Gasteiger partial charge in [-0.05, 0) is 61.9 Å². The Kier molecular flexibility index (Phi) is 5.50. The summed E-state index contributed by atoms with van der Waals surface area (Å²) in [5, 5.41) is 10.7. The van der Waals surface area contributed by atoms with E-state index in [-0.39, 0.29) is 6.61 Å². The lowest BCUT2D eigenvalue weighted by molar-refractivity contribution is 0.0871. The largest absolute Gasteiger partial charge is 0.497 e. The molecular weight excluding hydrogens is 312 g/mol. The molecule has 3 rings (SSSR count). The van der Waals surface area contributed by atoms with E-state index >= 15 is 0 Å². The SMILES string of the molecule is C=CC1CN(C)C(c2[nH]c3ccc(OC)cc3c2CC)CC1CCO. The summed E-state index contributed by atoms with van der Waals surface area (Å²) in [7, 11) is 3.91. The first-order chi connectivity index (χ1) is 12.1. The summed E-state index contributed by atoms with van der Waals surface area (Å²) >= 11 is 0. The number of aryl methyl sites for hydroxylation is 1. The van der Waals surface area contributed by atoms with Crippen LogP contribution in [-0.2, 0) is 6.42 Å². The number of H-pyrrole nitrogens is 1. The fourth-order valence-corrected chi connectivity index (χ4v) is 4.39. The standard InChI is InChI=1S/C21H30N2O2/c1-5-14-13-23(3)20(11-15(14)9-10-24)21-17(6-2)18-12-16(25-4)7-8-19(18)22-21/h5,7-8,12,14-15,20,22,24H,1,6,9-11,13H2,2-4H3. The lowest BCUT2D eigenvalue weighted by Gasteiger charge is -2.41. The van der Waals surface area contributed by atoms with Crippen LogP contribution in [0.3, 0.4) is 0 Å². The first kappa shape index (κ1) is 18.0. The van der Waals surface area contributed by atoms with Gasteiger partial charge in [-0.3, -0.25) is 4.90 Å². The molecule has 0 aliphatic carbocycles. The molecule has 0 amide bonds. The number of aromatic amines is 1. The van der Waals surface area contributed by atoms with Gasteiger partial charge in [0.05, 0.1) is 13.2 Å². The van der Waals surface area contributed by atoms with E-state index in [0.29, 0.717) is 17.9 Å².